The number of hydrogen-bond acceptors (Lipinski definition) is 4. The van der Waals surface area contributed by atoms with Gasteiger partial charge in [-0.05, 0) is 31.2 Å². The van der Waals surface area contributed by atoms with E-state index in [0.29, 0.717) is 11.3 Å². The predicted molar refractivity (Wildman–Crippen MR) is 59.5 cm³/mol. The summed E-state index contributed by atoms with van der Waals surface area (Å²) in [6, 6.07) is 6.20. The van der Waals surface area contributed by atoms with Gasteiger partial charge in [-0.2, -0.15) is 0 Å². The molecule has 0 heterocycles. The molecule has 0 bridgehead atoms. The lowest BCUT2D eigenvalue weighted by Gasteiger charge is -2.08. The Balaban J connectivity index is 3.01. The van der Waals surface area contributed by atoms with Gasteiger partial charge in [-0.25, -0.2) is 8.42 Å². The summed E-state index contributed by atoms with van der Waals surface area (Å²) >= 11 is 0. The SMILES string of the molecule is C[C@@H](C(=O)c1ccc(N)cc1)S(C)(=O)=O. The Labute approximate surface area is 89.0 Å². The molecule has 1 atom stereocenters. The maximum atomic E-state index is 11.7. The van der Waals surface area contributed by atoms with Crippen molar-refractivity contribution in [2.24, 2.45) is 0 Å². The summed E-state index contributed by atoms with van der Waals surface area (Å²) in [6.45, 7) is 1.38. The third kappa shape index (κ3) is 2.79. The molecule has 0 aliphatic carbocycles. The molecule has 0 aromatic heterocycles. The van der Waals surface area contributed by atoms with Crippen LogP contribution in [0.1, 0.15) is 17.3 Å². The largest absolute Gasteiger partial charge is 0.399 e. The summed E-state index contributed by atoms with van der Waals surface area (Å²) < 4.78 is 22.3. The number of rotatable bonds is 3. The Bertz CT molecular complexity index is 462. The fourth-order valence-electron chi connectivity index (χ4n) is 1.08. The van der Waals surface area contributed by atoms with Crippen LogP contribution in [0.5, 0.6) is 0 Å². The Kier molecular flexibility index (Phi) is 3.14. The van der Waals surface area contributed by atoms with Crippen LogP contribution in [0, 0.1) is 0 Å². The molecule has 0 saturated heterocycles. The molecular weight excluding hydrogens is 214 g/mol. The van der Waals surface area contributed by atoms with E-state index in [1.807, 2.05) is 0 Å². The van der Waals surface area contributed by atoms with Crippen LogP contribution in [0.3, 0.4) is 0 Å². The normalized spacial score (nSPS) is 13.5. The zero-order valence-electron chi connectivity index (χ0n) is 8.60. The van der Waals surface area contributed by atoms with Crippen molar-refractivity contribution in [2.45, 2.75) is 12.2 Å². The summed E-state index contributed by atoms with van der Waals surface area (Å²) in [7, 11) is -3.34. The molecule has 0 unspecified atom stereocenters. The van der Waals surface area contributed by atoms with Gasteiger partial charge in [0.05, 0.1) is 0 Å². The number of ketones is 1. The molecule has 5 heteroatoms. The molecule has 1 rings (SSSR count). The summed E-state index contributed by atoms with van der Waals surface area (Å²) in [5.74, 6) is -0.405. The van der Waals surface area contributed by atoms with E-state index in [9.17, 15) is 13.2 Å². The second-order valence-electron chi connectivity index (χ2n) is 3.46. The number of sulfone groups is 1. The molecule has 0 saturated carbocycles. The van der Waals surface area contributed by atoms with E-state index in [0.717, 1.165) is 6.26 Å². The first-order valence-corrected chi connectivity index (χ1v) is 6.36. The average Bonchev–Trinajstić information content (AvgIpc) is 2.15. The number of nitrogen functional groups attached to an aromatic ring is 1. The minimum Gasteiger partial charge on any atom is -0.399 e. The topological polar surface area (TPSA) is 77.2 Å². The molecule has 0 aliphatic rings. The Morgan fingerprint density at radius 1 is 1.27 bits per heavy atom. The summed E-state index contributed by atoms with van der Waals surface area (Å²) in [5.41, 5.74) is 6.36. The highest BCUT2D eigenvalue weighted by Gasteiger charge is 2.24. The third-order valence-corrected chi connectivity index (χ3v) is 3.71. The molecule has 0 amide bonds. The smallest absolute Gasteiger partial charge is 0.180 e. The minimum atomic E-state index is -3.34. The first kappa shape index (κ1) is 11.7. The van der Waals surface area contributed by atoms with E-state index in [1.54, 1.807) is 12.1 Å². The molecular formula is C10H13NO3S. The standard InChI is InChI=1S/C10H13NO3S/c1-7(15(2,13)14)10(12)8-3-5-9(11)6-4-8/h3-7H,11H2,1-2H3/t7-/m0/s1. The van der Waals surface area contributed by atoms with Gasteiger partial charge in [0.15, 0.2) is 15.6 Å². The van der Waals surface area contributed by atoms with Crippen molar-refractivity contribution in [3.63, 3.8) is 0 Å². The number of carbonyl (C=O) groups is 1. The molecule has 1 aromatic rings. The molecule has 0 aliphatic heterocycles. The number of benzene rings is 1. The first-order chi connectivity index (χ1) is 6.82. The minimum absolute atomic E-state index is 0.363. The van der Waals surface area contributed by atoms with Gasteiger partial charge in [-0.1, -0.05) is 0 Å². The third-order valence-electron chi connectivity index (χ3n) is 2.21. The highest BCUT2D eigenvalue weighted by atomic mass is 32.2. The number of anilines is 1. The lowest BCUT2D eigenvalue weighted by atomic mass is 10.1. The average molecular weight is 227 g/mol. The Morgan fingerprint density at radius 2 is 1.73 bits per heavy atom. The van der Waals surface area contributed by atoms with E-state index in [-0.39, 0.29) is 0 Å². The van der Waals surface area contributed by atoms with Gasteiger partial charge in [0, 0.05) is 17.5 Å². The second kappa shape index (κ2) is 4.02. The molecule has 82 valence electrons. The summed E-state index contributed by atoms with van der Waals surface area (Å²) in [5, 5.41) is -1.01. The molecule has 0 radical (unpaired) electrons. The van der Waals surface area contributed by atoms with Gasteiger partial charge in [-0.3, -0.25) is 4.79 Å². The van der Waals surface area contributed by atoms with E-state index in [1.165, 1.54) is 19.1 Å². The van der Waals surface area contributed by atoms with Crippen LogP contribution >= 0.6 is 0 Å². The highest BCUT2D eigenvalue weighted by Crippen LogP contribution is 2.11. The molecule has 15 heavy (non-hydrogen) atoms. The van der Waals surface area contributed by atoms with Crippen LogP contribution < -0.4 is 5.73 Å². The molecule has 1 aromatic carbocycles. The van der Waals surface area contributed by atoms with Gasteiger partial charge in [0.1, 0.15) is 5.25 Å². The molecule has 4 nitrogen and oxygen atoms in total. The van der Waals surface area contributed by atoms with E-state index < -0.39 is 20.9 Å². The van der Waals surface area contributed by atoms with Crippen molar-refractivity contribution in [1.29, 1.82) is 0 Å². The maximum absolute atomic E-state index is 11.7. The maximum Gasteiger partial charge on any atom is 0.180 e. The van der Waals surface area contributed by atoms with E-state index in [4.69, 9.17) is 5.73 Å². The summed E-state index contributed by atoms with van der Waals surface area (Å²) in [4.78, 5) is 11.7. The van der Waals surface area contributed by atoms with E-state index >= 15 is 0 Å². The lowest BCUT2D eigenvalue weighted by molar-refractivity contribution is 0.0991. The Morgan fingerprint density at radius 3 is 2.13 bits per heavy atom. The zero-order valence-corrected chi connectivity index (χ0v) is 9.41. The number of nitrogens with two attached hydrogens (primary N) is 1. The van der Waals surface area contributed by atoms with Crippen LogP contribution in [0.2, 0.25) is 0 Å². The van der Waals surface area contributed by atoms with Crippen molar-refractivity contribution in [3.8, 4) is 0 Å². The highest BCUT2D eigenvalue weighted by molar-refractivity contribution is 7.92. The van der Waals surface area contributed by atoms with Gasteiger partial charge < -0.3 is 5.73 Å². The van der Waals surface area contributed by atoms with Crippen molar-refractivity contribution in [2.75, 3.05) is 12.0 Å². The Hall–Kier alpha value is -1.36. The van der Waals surface area contributed by atoms with Crippen molar-refractivity contribution >= 4 is 21.3 Å². The zero-order chi connectivity index (χ0) is 11.6. The van der Waals surface area contributed by atoms with Crippen molar-refractivity contribution in [3.05, 3.63) is 29.8 Å². The van der Waals surface area contributed by atoms with Gasteiger partial charge in [-0.15, -0.1) is 0 Å². The van der Waals surface area contributed by atoms with Crippen LogP contribution in [0.4, 0.5) is 5.69 Å². The van der Waals surface area contributed by atoms with Crippen LogP contribution in [-0.2, 0) is 9.84 Å². The number of Topliss-reactive ketones (excluding diaryl/α,β-unsaturated/α-hetero) is 1. The van der Waals surface area contributed by atoms with Crippen LogP contribution in [0.25, 0.3) is 0 Å². The van der Waals surface area contributed by atoms with E-state index in [2.05, 4.69) is 0 Å². The lowest BCUT2D eigenvalue weighted by Crippen LogP contribution is -2.26. The quantitative estimate of drug-likeness (QED) is 0.614. The second-order valence-corrected chi connectivity index (χ2v) is 5.82. The monoisotopic (exact) mass is 227 g/mol. The number of hydrogen-bond donors (Lipinski definition) is 1. The molecule has 2 N–H and O–H groups in total. The fourth-order valence-corrected chi connectivity index (χ4v) is 1.60. The number of carbonyl (C=O) groups excluding carboxylic acids is 1. The fraction of sp³-hybridized carbons (Fsp3) is 0.300. The van der Waals surface area contributed by atoms with Gasteiger partial charge >= 0.3 is 0 Å². The van der Waals surface area contributed by atoms with Gasteiger partial charge in [0.25, 0.3) is 0 Å². The van der Waals surface area contributed by atoms with Crippen LogP contribution in [0.15, 0.2) is 24.3 Å². The first-order valence-electron chi connectivity index (χ1n) is 4.41. The van der Waals surface area contributed by atoms with Crippen LogP contribution in [-0.4, -0.2) is 25.7 Å². The van der Waals surface area contributed by atoms with Crippen molar-refractivity contribution < 1.29 is 13.2 Å². The molecule has 0 spiro atoms. The molecule has 0 fully saturated rings. The van der Waals surface area contributed by atoms with Gasteiger partial charge in [0.2, 0.25) is 0 Å². The van der Waals surface area contributed by atoms with Crippen molar-refractivity contribution in [1.82, 2.24) is 0 Å². The summed E-state index contributed by atoms with van der Waals surface area (Å²) in [6.07, 6.45) is 1.05. The predicted octanol–water partition coefficient (Wildman–Crippen LogP) is 0.885.